The standard InChI is InChI=1S/C58H37NO2/c1-4-15-38(16-5-1)39-27-32-44(33-28-39)59(51-24-14-26-53-55(51)49-23-12-13-25-52(49)60-53)45-34-29-40(30-35-45)43-31-36-47-46-21-10-11-22-48(46)58-56(50(47)37-43)54(41-17-6-2-7-18-41)57(61-58)42-19-8-3-9-20-42/h1-37H. The molecule has 0 atom stereocenters. The molecule has 3 heteroatoms. The molecule has 10 aromatic carbocycles. The lowest BCUT2D eigenvalue weighted by molar-refractivity contribution is 0.636. The van der Waals surface area contributed by atoms with Crippen molar-refractivity contribution < 1.29 is 8.83 Å². The topological polar surface area (TPSA) is 29.5 Å². The van der Waals surface area contributed by atoms with Crippen LogP contribution in [0.2, 0.25) is 0 Å². The Morgan fingerprint density at radius 1 is 0.295 bits per heavy atom. The van der Waals surface area contributed by atoms with E-state index in [2.05, 4.69) is 217 Å². The molecule has 0 saturated heterocycles. The van der Waals surface area contributed by atoms with Gasteiger partial charge in [-0.25, -0.2) is 0 Å². The first-order valence-corrected chi connectivity index (χ1v) is 20.7. The highest BCUT2D eigenvalue weighted by molar-refractivity contribution is 6.29. The molecule has 61 heavy (non-hydrogen) atoms. The normalized spacial score (nSPS) is 11.6. The summed E-state index contributed by atoms with van der Waals surface area (Å²) in [4.78, 5) is 2.35. The predicted octanol–water partition coefficient (Wildman–Crippen LogP) is 16.8. The number of fused-ring (bicyclic) bond motifs is 9. The van der Waals surface area contributed by atoms with Crippen LogP contribution in [0.5, 0.6) is 0 Å². The van der Waals surface area contributed by atoms with Crippen LogP contribution in [-0.2, 0) is 0 Å². The molecule has 0 radical (unpaired) electrons. The Hall–Kier alpha value is -8.14. The minimum Gasteiger partial charge on any atom is -0.456 e. The van der Waals surface area contributed by atoms with Gasteiger partial charge >= 0.3 is 0 Å². The van der Waals surface area contributed by atoms with Gasteiger partial charge in [0, 0.05) is 38.7 Å². The van der Waals surface area contributed by atoms with Crippen molar-refractivity contribution >= 4 is 71.5 Å². The predicted molar refractivity (Wildman–Crippen MR) is 255 cm³/mol. The lowest BCUT2D eigenvalue weighted by Gasteiger charge is -2.26. The van der Waals surface area contributed by atoms with E-state index in [0.717, 1.165) is 88.9 Å². The van der Waals surface area contributed by atoms with Crippen molar-refractivity contribution in [3.63, 3.8) is 0 Å². The van der Waals surface area contributed by atoms with Gasteiger partial charge < -0.3 is 13.7 Å². The smallest absolute Gasteiger partial charge is 0.143 e. The van der Waals surface area contributed by atoms with Gasteiger partial charge in [-0.1, -0.05) is 176 Å². The SMILES string of the molecule is c1ccc(-c2ccc(N(c3ccc(-c4ccc5c6ccccc6c6oc(-c7ccccc7)c(-c7ccccc7)c6c5c4)cc3)c3cccc4oc5ccccc5c34)cc2)cc1. The van der Waals surface area contributed by atoms with Crippen molar-refractivity contribution in [2.24, 2.45) is 0 Å². The third-order valence-corrected chi connectivity index (χ3v) is 12.1. The lowest BCUT2D eigenvalue weighted by Crippen LogP contribution is -2.10. The summed E-state index contributed by atoms with van der Waals surface area (Å²) in [5.41, 5.74) is 13.7. The van der Waals surface area contributed by atoms with Crippen LogP contribution in [0.15, 0.2) is 233 Å². The van der Waals surface area contributed by atoms with Gasteiger partial charge in [-0.2, -0.15) is 0 Å². The molecule has 286 valence electrons. The Bertz CT molecular complexity index is 3550. The van der Waals surface area contributed by atoms with Gasteiger partial charge in [0.2, 0.25) is 0 Å². The molecule has 0 amide bonds. The number of nitrogens with zero attached hydrogens (tertiary/aromatic N) is 1. The maximum absolute atomic E-state index is 7.00. The molecule has 0 N–H and O–H groups in total. The van der Waals surface area contributed by atoms with Gasteiger partial charge in [-0.15, -0.1) is 0 Å². The van der Waals surface area contributed by atoms with Gasteiger partial charge in [-0.05, 0) is 92.5 Å². The largest absolute Gasteiger partial charge is 0.456 e. The van der Waals surface area contributed by atoms with E-state index in [9.17, 15) is 0 Å². The number of furan rings is 2. The molecule has 12 aromatic rings. The summed E-state index contributed by atoms with van der Waals surface area (Å²) < 4.78 is 13.4. The Morgan fingerprint density at radius 2 is 0.803 bits per heavy atom. The zero-order valence-electron chi connectivity index (χ0n) is 33.1. The highest BCUT2D eigenvalue weighted by Crippen LogP contribution is 2.48. The average molecular weight is 780 g/mol. The highest BCUT2D eigenvalue weighted by Gasteiger charge is 2.24. The van der Waals surface area contributed by atoms with Gasteiger partial charge in [0.25, 0.3) is 0 Å². The highest BCUT2D eigenvalue weighted by atomic mass is 16.3. The van der Waals surface area contributed by atoms with E-state index >= 15 is 0 Å². The van der Waals surface area contributed by atoms with E-state index < -0.39 is 0 Å². The van der Waals surface area contributed by atoms with Crippen LogP contribution >= 0.6 is 0 Å². The molecule has 2 heterocycles. The van der Waals surface area contributed by atoms with E-state index in [-0.39, 0.29) is 0 Å². The Morgan fingerprint density at radius 3 is 1.49 bits per heavy atom. The van der Waals surface area contributed by atoms with Gasteiger partial charge in [-0.3, -0.25) is 0 Å². The summed E-state index contributed by atoms with van der Waals surface area (Å²) in [6.07, 6.45) is 0. The fraction of sp³-hybridized carbons (Fsp3) is 0. The molecule has 0 aliphatic rings. The molecule has 3 nitrogen and oxygen atoms in total. The van der Waals surface area contributed by atoms with Crippen molar-refractivity contribution in [3.05, 3.63) is 224 Å². The maximum atomic E-state index is 7.00. The molecule has 0 bridgehead atoms. The van der Waals surface area contributed by atoms with E-state index in [1.54, 1.807) is 0 Å². The molecule has 0 fully saturated rings. The second kappa shape index (κ2) is 14.3. The molecule has 0 aliphatic carbocycles. The van der Waals surface area contributed by atoms with E-state index in [1.807, 2.05) is 12.1 Å². The van der Waals surface area contributed by atoms with Crippen LogP contribution in [0.1, 0.15) is 0 Å². The second-order valence-electron chi connectivity index (χ2n) is 15.6. The number of hydrogen-bond acceptors (Lipinski definition) is 3. The van der Waals surface area contributed by atoms with Crippen LogP contribution < -0.4 is 4.90 Å². The van der Waals surface area contributed by atoms with Crippen molar-refractivity contribution in [2.45, 2.75) is 0 Å². The summed E-state index contributed by atoms with van der Waals surface area (Å²) in [7, 11) is 0. The minimum atomic E-state index is 0.862. The fourth-order valence-electron chi connectivity index (χ4n) is 9.24. The average Bonchev–Trinajstić information content (AvgIpc) is 3.94. The van der Waals surface area contributed by atoms with Gasteiger partial charge in [0.15, 0.2) is 0 Å². The Kier molecular flexibility index (Phi) is 8.17. The van der Waals surface area contributed by atoms with E-state index in [1.165, 1.54) is 27.3 Å². The van der Waals surface area contributed by atoms with Crippen LogP contribution in [0.3, 0.4) is 0 Å². The summed E-state index contributed by atoms with van der Waals surface area (Å²) >= 11 is 0. The minimum absolute atomic E-state index is 0.862. The first kappa shape index (κ1) is 34.9. The van der Waals surface area contributed by atoms with Crippen molar-refractivity contribution in [1.82, 2.24) is 0 Å². The number of para-hydroxylation sites is 1. The second-order valence-corrected chi connectivity index (χ2v) is 15.6. The monoisotopic (exact) mass is 779 g/mol. The molecule has 12 rings (SSSR count). The molecule has 0 aliphatic heterocycles. The zero-order chi connectivity index (χ0) is 40.3. The molecule has 0 unspecified atom stereocenters. The summed E-state index contributed by atoms with van der Waals surface area (Å²) in [5.74, 6) is 0.881. The quantitative estimate of drug-likeness (QED) is 0.151. The fourth-order valence-corrected chi connectivity index (χ4v) is 9.24. The van der Waals surface area contributed by atoms with E-state index in [4.69, 9.17) is 8.83 Å². The van der Waals surface area contributed by atoms with Gasteiger partial charge in [0.05, 0.1) is 11.1 Å². The first-order valence-electron chi connectivity index (χ1n) is 20.7. The summed E-state index contributed by atoms with van der Waals surface area (Å²) in [6.45, 7) is 0. The summed E-state index contributed by atoms with van der Waals surface area (Å²) in [5, 5.41) is 7.96. The number of rotatable bonds is 7. The lowest BCUT2D eigenvalue weighted by atomic mass is 9.90. The number of anilines is 3. The summed E-state index contributed by atoms with van der Waals surface area (Å²) in [6, 6.07) is 79.7. The van der Waals surface area contributed by atoms with Crippen LogP contribution in [-0.4, -0.2) is 0 Å². The Balaban J connectivity index is 1.04. The van der Waals surface area contributed by atoms with Crippen molar-refractivity contribution in [1.29, 1.82) is 0 Å². The first-order chi connectivity index (χ1) is 30.3. The molecule has 0 saturated carbocycles. The molecule has 2 aromatic heterocycles. The van der Waals surface area contributed by atoms with Crippen LogP contribution in [0, 0.1) is 0 Å². The number of benzene rings is 10. The number of hydrogen-bond donors (Lipinski definition) is 0. The van der Waals surface area contributed by atoms with Crippen LogP contribution in [0.4, 0.5) is 17.1 Å². The molecular formula is C58H37NO2. The maximum Gasteiger partial charge on any atom is 0.143 e. The zero-order valence-corrected chi connectivity index (χ0v) is 33.1. The Labute approximate surface area is 353 Å². The molecule has 0 spiro atoms. The molecular weight excluding hydrogens is 743 g/mol. The van der Waals surface area contributed by atoms with Crippen molar-refractivity contribution in [3.8, 4) is 44.7 Å². The van der Waals surface area contributed by atoms with E-state index in [0.29, 0.717) is 0 Å². The van der Waals surface area contributed by atoms with Crippen molar-refractivity contribution in [2.75, 3.05) is 4.90 Å². The van der Waals surface area contributed by atoms with Gasteiger partial charge in [0.1, 0.15) is 22.5 Å². The van der Waals surface area contributed by atoms with Crippen LogP contribution in [0.25, 0.3) is 99.2 Å². The third-order valence-electron chi connectivity index (χ3n) is 12.1. The third kappa shape index (κ3) is 5.82.